The van der Waals surface area contributed by atoms with Gasteiger partial charge in [0.25, 0.3) is 0 Å². The molecule has 6 heteroatoms. The van der Waals surface area contributed by atoms with Gasteiger partial charge in [0, 0.05) is 33.4 Å². The molecule has 0 amide bonds. The average molecular weight is 351 g/mol. The Balaban J connectivity index is 1.79. The molecule has 25 heavy (non-hydrogen) atoms. The smallest absolute Gasteiger partial charge is 0.129 e. The number of nitrogens with zero attached hydrogens (tertiary/aromatic N) is 1. The van der Waals surface area contributed by atoms with Gasteiger partial charge >= 0.3 is 0 Å². The fourth-order valence-electron chi connectivity index (χ4n) is 2.56. The molecule has 0 fully saturated rings. The van der Waals surface area contributed by atoms with Crippen LogP contribution in [-0.2, 0) is 22.6 Å². The van der Waals surface area contributed by atoms with E-state index in [0.29, 0.717) is 26.3 Å². The average Bonchev–Trinajstić information content (AvgIpc) is 3.10. The third-order valence-electron chi connectivity index (χ3n) is 3.75. The monoisotopic (exact) mass is 351 g/mol. The highest BCUT2D eigenvalue weighted by atomic mass is 19.1. The van der Waals surface area contributed by atoms with Crippen LogP contribution in [0.2, 0.25) is 0 Å². The maximum absolute atomic E-state index is 13.0. The van der Waals surface area contributed by atoms with Crippen LogP contribution in [0.3, 0.4) is 0 Å². The highest BCUT2D eigenvalue weighted by molar-refractivity contribution is 5.15. The number of rotatable bonds is 12. The van der Waals surface area contributed by atoms with Gasteiger partial charge in [0.2, 0.25) is 0 Å². The van der Waals surface area contributed by atoms with Gasteiger partial charge in [0.1, 0.15) is 18.2 Å². The van der Waals surface area contributed by atoms with E-state index in [-0.39, 0.29) is 12.4 Å². The molecule has 0 bridgehead atoms. The second-order valence-corrected chi connectivity index (χ2v) is 5.96. The Morgan fingerprint density at radius 1 is 1.24 bits per heavy atom. The molecular weight excluding hydrogens is 325 g/mol. The normalized spacial score (nSPS) is 12.6. The van der Waals surface area contributed by atoms with Crippen LogP contribution in [0.25, 0.3) is 0 Å². The molecule has 1 heterocycles. The summed E-state index contributed by atoms with van der Waals surface area (Å²) in [5, 5.41) is 10.2. The first kappa shape index (κ1) is 19.6. The largest absolute Gasteiger partial charge is 0.467 e. The van der Waals surface area contributed by atoms with Crippen molar-refractivity contribution in [2.24, 2.45) is 0 Å². The molecule has 0 spiro atoms. The molecule has 1 aromatic heterocycles. The zero-order chi connectivity index (χ0) is 17.9. The van der Waals surface area contributed by atoms with E-state index in [0.717, 1.165) is 24.3 Å². The molecule has 0 radical (unpaired) electrons. The van der Waals surface area contributed by atoms with Crippen LogP contribution in [0.1, 0.15) is 17.7 Å². The second kappa shape index (κ2) is 11.0. The van der Waals surface area contributed by atoms with Crippen LogP contribution in [0.4, 0.5) is 4.39 Å². The fraction of sp³-hybridized carbons (Fsp3) is 0.474. The van der Waals surface area contributed by atoms with E-state index < -0.39 is 6.10 Å². The molecule has 5 nitrogen and oxygen atoms in total. The third kappa shape index (κ3) is 7.79. The predicted octanol–water partition coefficient (Wildman–Crippen LogP) is 2.83. The Morgan fingerprint density at radius 3 is 2.72 bits per heavy atom. The van der Waals surface area contributed by atoms with Gasteiger partial charge in [-0.15, -0.1) is 0 Å². The van der Waals surface area contributed by atoms with Gasteiger partial charge in [-0.05, 0) is 36.2 Å². The zero-order valence-electron chi connectivity index (χ0n) is 14.6. The minimum Gasteiger partial charge on any atom is -0.467 e. The third-order valence-corrected chi connectivity index (χ3v) is 3.75. The number of hydrogen-bond donors (Lipinski definition) is 1. The van der Waals surface area contributed by atoms with Crippen LogP contribution in [0, 0.1) is 5.82 Å². The van der Waals surface area contributed by atoms with E-state index in [9.17, 15) is 9.50 Å². The van der Waals surface area contributed by atoms with Crippen molar-refractivity contribution < 1.29 is 23.4 Å². The van der Waals surface area contributed by atoms with Gasteiger partial charge in [0.05, 0.1) is 19.0 Å². The summed E-state index contributed by atoms with van der Waals surface area (Å²) < 4.78 is 28.8. The summed E-state index contributed by atoms with van der Waals surface area (Å²) in [7, 11) is 1.67. The Morgan fingerprint density at radius 2 is 2.04 bits per heavy atom. The van der Waals surface area contributed by atoms with Gasteiger partial charge in [0.15, 0.2) is 0 Å². The maximum Gasteiger partial charge on any atom is 0.129 e. The fourth-order valence-corrected chi connectivity index (χ4v) is 2.56. The van der Waals surface area contributed by atoms with Crippen molar-refractivity contribution in [3.8, 4) is 0 Å². The molecule has 1 atom stereocenters. The van der Waals surface area contributed by atoms with E-state index in [2.05, 4.69) is 4.90 Å². The minimum atomic E-state index is -0.613. The van der Waals surface area contributed by atoms with E-state index in [1.54, 1.807) is 31.6 Å². The van der Waals surface area contributed by atoms with Crippen LogP contribution < -0.4 is 0 Å². The molecule has 1 N–H and O–H groups in total. The number of hydrogen-bond acceptors (Lipinski definition) is 5. The summed E-state index contributed by atoms with van der Waals surface area (Å²) in [4.78, 5) is 2.12. The molecule has 2 rings (SSSR count). The second-order valence-electron chi connectivity index (χ2n) is 5.96. The molecule has 0 unspecified atom stereocenters. The van der Waals surface area contributed by atoms with Gasteiger partial charge in [-0.3, -0.25) is 4.90 Å². The molecule has 0 aliphatic carbocycles. The van der Waals surface area contributed by atoms with Crippen LogP contribution in [0.15, 0.2) is 47.1 Å². The van der Waals surface area contributed by atoms with Gasteiger partial charge in [-0.1, -0.05) is 12.1 Å². The van der Waals surface area contributed by atoms with Crippen LogP contribution in [-0.4, -0.2) is 49.5 Å². The quantitative estimate of drug-likeness (QED) is 0.596. The Kier molecular flexibility index (Phi) is 8.62. The number of aliphatic hydroxyl groups is 1. The van der Waals surface area contributed by atoms with Crippen LogP contribution >= 0.6 is 0 Å². The molecular formula is C19H26FNO4. The predicted molar refractivity (Wildman–Crippen MR) is 92.5 cm³/mol. The summed E-state index contributed by atoms with van der Waals surface area (Å²) in [6, 6.07) is 10.1. The summed E-state index contributed by atoms with van der Waals surface area (Å²) in [6.07, 6.45) is 1.84. The highest BCUT2D eigenvalue weighted by Gasteiger charge is 2.13. The topological polar surface area (TPSA) is 55.1 Å². The number of furan rings is 1. The molecule has 1 aromatic carbocycles. The number of methoxy groups -OCH3 is 1. The SMILES string of the molecule is COCCCN(Cc1ccc(F)cc1)C[C@@H](O)COCc1ccco1. The molecule has 0 aliphatic rings. The van der Waals surface area contributed by atoms with E-state index in [1.807, 2.05) is 6.07 Å². The van der Waals surface area contributed by atoms with E-state index in [4.69, 9.17) is 13.9 Å². The van der Waals surface area contributed by atoms with Crippen molar-refractivity contribution in [3.63, 3.8) is 0 Å². The van der Waals surface area contributed by atoms with Crippen molar-refractivity contribution >= 4 is 0 Å². The molecule has 138 valence electrons. The Hall–Kier alpha value is -1.73. The van der Waals surface area contributed by atoms with E-state index >= 15 is 0 Å². The molecule has 0 saturated carbocycles. The first-order valence-corrected chi connectivity index (χ1v) is 8.41. The number of benzene rings is 1. The van der Waals surface area contributed by atoms with E-state index in [1.165, 1.54) is 12.1 Å². The molecule has 0 aliphatic heterocycles. The van der Waals surface area contributed by atoms with Gasteiger partial charge < -0.3 is 19.0 Å². The Labute approximate surface area is 148 Å². The van der Waals surface area contributed by atoms with Crippen molar-refractivity contribution in [2.75, 3.05) is 33.4 Å². The zero-order valence-corrected chi connectivity index (χ0v) is 14.6. The minimum absolute atomic E-state index is 0.227. The number of halogens is 1. The summed E-state index contributed by atoms with van der Waals surface area (Å²) >= 11 is 0. The van der Waals surface area contributed by atoms with Crippen molar-refractivity contribution in [2.45, 2.75) is 25.7 Å². The van der Waals surface area contributed by atoms with Gasteiger partial charge in [-0.25, -0.2) is 4.39 Å². The summed E-state index contributed by atoms with van der Waals surface area (Å²) in [6.45, 7) is 3.11. The lowest BCUT2D eigenvalue weighted by Crippen LogP contribution is -2.35. The Bertz CT molecular complexity index is 574. The summed E-state index contributed by atoms with van der Waals surface area (Å²) in [5.41, 5.74) is 1.00. The highest BCUT2D eigenvalue weighted by Crippen LogP contribution is 2.09. The lowest BCUT2D eigenvalue weighted by atomic mass is 10.2. The van der Waals surface area contributed by atoms with Gasteiger partial charge in [-0.2, -0.15) is 0 Å². The standard InChI is InChI=1S/C19H26FNO4/c1-23-10-3-9-21(12-16-5-7-17(20)8-6-16)13-18(22)14-24-15-19-4-2-11-25-19/h2,4-8,11,18,22H,3,9-10,12-15H2,1H3/t18-/m1/s1. The lowest BCUT2D eigenvalue weighted by Gasteiger charge is -2.25. The molecule has 0 saturated heterocycles. The lowest BCUT2D eigenvalue weighted by molar-refractivity contribution is 0.00281. The van der Waals surface area contributed by atoms with Crippen molar-refractivity contribution in [1.29, 1.82) is 0 Å². The van der Waals surface area contributed by atoms with Crippen molar-refractivity contribution in [3.05, 3.63) is 59.8 Å². The maximum atomic E-state index is 13.0. The summed E-state index contributed by atoms with van der Waals surface area (Å²) in [5.74, 6) is 0.483. The molecule has 2 aromatic rings. The first-order valence-electron chi connectivity index (χ1n) is 8.41. The number of ether oxygens (including phenoxy) is 2. The van der Waals surface area contributed by atoms with Crippen LogP contribution in [0.5, 0.6) is 0 Å². The number of aliphatic hydroxyl groups excluding tert-OH is 1. The van der Waals surface area contributed by atoms with Crippen molar-refractivity contribution in [1.82, 2.24) is 4.90 Å². The first-order chi connectivity index (χ1) is 12.2.